The first-order valence-electron chi connectivity index (χ1n) is 6.42. The van der Waals surface area contributed by atoms with Crippen molar-refractivity contribution in [3.05, 3.63) is 63.1 Å². The zero-order chi connectivity index (χ0) is 13.4. The summed E-state index contributed by atoms with van der Waals surface area (Å²) in [5, 5.41) is 0. The molecular weight excluding hydrogens is 302 g/mol. The van der Waals surface area contributed by atoms with Gasteiger partial charge in [0.25, 0.3) is 0 Å². The van der Waals surface area contributed by atoms with Crippen molar-refractivity contribution in [2.24, 2.45) is 5.73 Å². The van der Waals surface area contributed by atoms with Crippen molar-refractivity contribution in [3.63, 3.8) is 0 Å². The number of halogens is 1. The molecule has 1 atom stereocenters. The van der Waals surface area contributed by atoms with Crippen molar-refractivity contribution in [2.75, 3.05) is 6.61 Å². The van der Waals surface area contributed by atoms with Crippen molar-refractivity contribution in [2.45, 2.75) is 19.4 Å². The molecule has 1 aliphatic rings. The topological polar surface area (TPSA) is 35.2 Å². The average molecular weight is 318 g/mol. The molecule has 0 fully saturated rings. The van der Waals surface area contributed by atoms with Gasteiger partial charge in [0.05, 0.1) is 12.6 Å². The highest BCUT2D eigenvalue weighted by Crippen LogP contribution is 2.30. The molecule has 0 saturated heterocycles. The van der Waals surface area contributed by atoms with E-state index in [0.717, 1.165) is 34.4 Å². The molecule has 98 valence electrons. The first-order chi connectivity index (χ1) is 9.15. The van der Waals surface area contributed by atoms with E-state index in [2.05, 4.69) is 53.2 Å². The van der Waals surface area contributed by atoms with Crippen molar-refractivity contribution >= 4 is 15.9 Å². The van der Waals surface area contributed by atoms with Gasteiger partial charge in [-0.15, -0.1) is 0 Å². The van der Waals surface area contributed by atoms with Gasteiger partial charge in [0.1, 0.15) is 5.75 Å². The molecule has 0 aromatic heterocycles. The predicted octanol–water partition coefficient (Wildman–Crippen LogP) is 3.74. The van der Waals surface area contributed by atoms with Crippen LogP contribution in [0.15, 0.2) is 40.9 Å². The fraction of sp³-hybridized carbons (Fsp3) is 0.250. The van der Waals surface area contributed by atoms with Crippen molar-refractivity contribution < 1.29 is 4.74 Å². The molecule has 19 heavy (non-hydrogen) atoms. The normalized spacial score (nSPS) is 14.9. The number of rotatable bonds is 2. The predicted molar refractivity (Wildman–Crippen MR) is 80.6 cm³/mol. The molecule has 2 aromatic carbocycles. The molecule has 0 spiro atoms. The Morgan fingerprint density at radius 3 is 2.68 bits per heavy atom. The van der Waals surface area contributed by atoms with Crippen LogP contribution in [-0.4, -0.2) is 6.61 Å². The molecule has 3 rings (SSSR count). The molecule has 0 saturated carbocycles. The SMILES string of the molecule is Cc1ccc(C(N)c2ccc3c(c2)CCO3)cc1Br. The van der Waals surface area contributed by atoms with Gasteiger partial charge in [0.2, 0.25) is 0 Å². The lowest BCUT2D eigenvalue weighted by Gasteiger charge is -2.14. The quantitative estimate of drug-likeness (QED) is 0.915. The van der Waals surface area contributed by atoms with Crippen LogP contribution in [0.4, 0.5) is 0 Å². The fourth-order valence-corrected chi connectivity index (χ4v) is 2.79. The summed E-state index contributed by atoms with van der Waals surface area (Å²) in [6, 6.07) is 12.4. The summed E-state index contributed by atoms with van der Waals surface area (Å²) in [7, 11) is 0. The minimum atomic E-state index is -0.0946. The van der Waals surface area contributed by atoms with Gasteiger partial charge in [-0.05, 0) is 41.3 Å². The second-order valence-corrected chi connectivity index (χ2v) is 5.81. The van der Waals surface area contributed by atoms with E-state index in [1.807, 2.05) is 6.07 Å². The van der Waals surface area contributed by atoms with Crippen LogP contribution < -0.4 is 10.5 Å². The number of nitrogens with two attached hydrogens (primary N) is 1. The largest absolute Gasteiger partial charge is 0.493 e. The number of aryl methyl sites for hydroxylation is 1. The summed E-state index contributed by atoms with van der Waals surface area (Å²) in [6.07, 6.45) is 0.980. The van der Waals surface area contributed by atoms with Crippen LogP contribution in [0.2, 0.25) is 0 Å². The van der Waals surface area contributed by atoms with E-state index < -0.39 is 0 Å². The molecular formula is C16H16BrNO. The first-order valence-corrected chi connectivity index (χ1v) is 7.22. The van der Waals surface area contributed by atoms with Gasteiger partial charge >= 0.3 is 0 Å². The van der Waals surface area contributed by atoms with Gasteiger partial charge in [-0.25, -0.2) is 0 Å². The number of benzene rings is 2. The maximum Gasteiger partial charge on any atom is 0.122 e. The van der Waals surface area contributed by atoms with Crippen LogP contribution >= 0.6 is 15.9 Å². The second kappa shape index (κ2) is 4.99. The van der Waals surface area contributed by atoms with Gasteiger partial charge in [0, 0.05) is 10.9 Å². The molecule has 1 aliphatic heterocycles. The van der Waals surface area contributed by atoms with Gasteiger partial charge in [0.15, 0.2) is 0 Å². The molecule has 0 aliphatic carbocycles. The van der Waals surface area contributed by atoms with Gasteiger partial charge in [-0.1, -0.05) is 40.2 Å². The maximum absolute atomic E-state index is 6.37. The highest BCUT2D eigenvalue weighted by Gasteiger charge is 2.16. The molecule has 1 unspecified atom stereocenters. The Labute approximate surface area is 121 Å². The van der Waals surface area contributed by atoms with Crippen LogP contribution in [0.1, 0.15) is 28.3 Å². The van der Waals surface area contributed by atoms with Gasteiger partial charge in [-0.2, -0.15) is 0 Å². The monoisotopic (exact) mass is 317 g/mol. The Morgan fingerprint density at radius 1 is 1.16 bits per heavy atom. The Kier molecular flexibility index (Phi) is 3.33. The molecule has 1 heterocycles. The van der Waals surface area contributed by atoms with Gasteiger partial charge in [-0.3, -0.25) is 0 Å². The minimum Gasteiger partial charge on any atom is -0.493 e. The third kappa shape index (κ3) is 2.40. The summed E-state index contributed by atoms with van der Waals surface area (Å²) in [5.74, 6) is 1.00. The Morgan fingerprint density at radius 2 is 1.89 bits per heavy atom. The zero-order valence-corrected chi connectivity index (χ0v) is 12.4. The Hall–Kier alpha value is -1.32. The van der Waals surface area contributed by atoms with E-state index in [-0.39, 0.29) is 6.04 Å². The van der Waals surface area contributed by atoms with Crippen LogP contribution in [0.5, 0.6) is 5.75 Å². The minimum absolute atomic E-state index is 0.0946. The second-order valence-electron chi connectivity index (χ2n) is 4.95. The van der Waals surface area contributed by atoms with E-state index in [9.17, 15) is 0 Å². The lowest BCUT2D eigenvalue weighted by molar-refractivity contribution is 0.357. The molecule has 0 bridgehead atoms. The third-order valence-electron chi connectivity index (χ3n) is 3.63. The fourth-order valence-electron chi connectivity index (χ4n) is 2.39. The van der Waals surface area contributed by atoms with E-state index in [1.165, 1.54) is 11.1 Å². The number of fused-ring (bicyclic) bond motifs is 1. The highest BCUT2D eigenvalue weighted by molar-refractivity contribution is 9.10. The van der Waals surface area contributed by atoms with Crippen LogP contribution in [-0.2, 0) is 6.42 Å². The Bertz CT molecular complexity index is 624. The molecule has 2 nitrogen and oxygen atoms in total. The molecule has 2 N–H and O–H groups in total. The smallest absolute Gasteiger partial charge is 0.122 e. The van der Waals surface area contributed by atoms with E-state index in [1.54, 1.807) is 0 Å². The third-order valence-corrected chi connectivity index (χ3v) is 4.48. The van der Waals surface area contributed by atoms with Crippen molar-refractivity contribution in [1.82, 2.24) is 0 Å². The van der Waals surface area contributed by atoms with E-state index >= 15 is 0 Å². The van der Waals surface area contributed by atoms with Crippen molar-refractivity contribution in [3.8, 4) is 5.75 Å². The summed E-state index contributed by atoms with van der Waals surface area (Å²) in [5.41, 5.74) is 11.1. The molecule has 0 radical (unpaired) electrons. The molecule has 0 amide bonds. The van der Waals surface area contributed by atoms with Crippen LogP contribution in [0.25, 0.3) is 0 Å². The van der Waals surface area contributed by atoms with E-state index in [4.69, 9.17) is 10.5 Å². The summed E-state index contributed by atoms with van der Waals surface area (Å²) in [4.78, 5) is 0. The summed E-state index contributed by atoms with van der Waals surface area (Å²) in [6.45, 7) is 2.86. The number of ether oxygens (including phenoxy) is 1. The number of hydrogen-bond acceptors (Lipinski definition) is 2. The lowest BCUT2D eigenvalue weighted by Crippen LogP contribution is -2.12. The van der Waals surface area contributed by atoms with Gasteiger partial charge < -0.3 is 10.5 Å². The highest BCUT2D eigenvalue weighted by atomic mass is 79.9. The van der Waals surface area contributed by atoms with Crippen LogP contribution in [0.3, 0.4) is 0 Å². The maximum atomic E-state index is 6.37. The number of hydrogen-bond donors (Lipinski definition) is 1. The Balaban J connectivity index is 1.94. The lowest BCUT2D eigenvalue weighted by atomic mass is 9.96. The van der Waals surface area contributed by atoms with Crippen LogP contribution in [0, 0.1) is 6.92 Å². The average Bonchev–Trinajstić information content (AvgIpc) is 2.88. The van der Waals surface area contributed by atoms with E-state index in [0.29, 0.717) is 0 Å². The summed E-state index contributed by atoms with van der Waals surface area (Å²) < 4.78 is 6.63. The standard InChI is InChI=1S/C16H16BrNO/c1-10-2-3-13(9-14(10)17)16(18)12-4-5-15-11(8-12)6-7-19-15/h2-5,8-9,16H,6-7,18H2,1H3. The molecule has 3 heteroatoms. The molecule has 2 aromatic rings. The zero-order valence-electron chi connectivity index (χ0n) is 10.8. The first kappa shape index (κ1) is 12.7. The van der Waals surface area contributed by atoms with Crippen molar-refractivity contribution in [1.29, 1.82) is 0 Å². The summed E-state index contributed by atoms with van der Waals surface area (Å²) >= 11 is 3.56.